The van der Waals surface area contributed by atoms with Crippen LogP contribution in [0.1, 0.15) is 16.1 Å². The second-order valence-electron chi connectivity index (χ2n) is 4.79. The normalized spacial score (nSPS) is 11.1. The summed E-state index contributed by atoms with van der Waals surface area (Å²) in [5.41, 5.74) is 4.42. The number of hydrogen-bond acceptors (Lipinski definition) is 2. The Hall–Kier alpha value is -1.90. The van der Waals surface area contributed by atoms with Gasteiger partial charge in [0.1, 0.15) is 5.01 Å². The Morgan fingerprint density at radius 2 is 1.76 bits per heavy atom. The number of hydrogen-bond donors (Lipinski definition) is 0. The summed E-state index contributed by atoms with van der Waals surface area (Å²) >= 11 is 7.77. The second-order valence-corrected chi connectivity index (χ2v) is 6.09. The van der Waals surface area contributed by atoms with Crippen molar-refractivity contribution in [2.75, 3.05) is 0 Å². The monoisotopic (exact) mass is 311 g/mol. The second kappa shape index (κ2) is 6.25. The Bertz CT molecular complexity index is 772. The van der Waals surface area contributed by atoms with Gasteiger partial charge in [0.05, 0.1) is 5.69 Å². The van der Waals surface area contributed by atoms with E-state index in [4.69, 9.17) is 11.6 Å². The highest BCUT2D eigenvalue weighted by Crippen LogP contribution is 2.24. The van der Waals surface area contributed by atoms with Gasteiger partial charge in [-0.05, 0) is 24.6 Å². The Labute approximate surface area is 133 Å². The van der Waals surface area contributed by atoms with Crippen molar-refractivity contribution in [1.82, 2.24) is 4.98 Å². The van der Waals surface area contributed by atoms with E-state index in [1.807, 2.05) is 36.4 Å². The lowest BCUT2D eigenvalue weighted by Gasteiger charge is -1.97. The van der Waals surface area contributed by atoms with Crippen molar-refractivity contribution in [3.63, 3.8) is 0 Å². The minimum Gasteiger partial charge on any atom is -0.237 e. The van der Waals surface area contributed by atoms with E-state index >= 15 is 0 Å². The molecule has 0 amide bonds. The lowest BCUT2D eigenvalue weighted by atomic mass is 10.1. The van der Waals surface area contributed by atoms with E-state index in [1.165, 1.54) is 5.56 Å². The van der Waals surface area contributed by atoms with Crippen LogP contribution in [0, 0.1) is 6.92 Å². The van der Waals surface area contributed by atoms with Crippen molar-refractivity contribution < 1.29 is 0 Å². The van der Waals surface area contributed by atoms with Crippen molar-refractivity contribution in [2.24, 2.45) is 0 Å². The van der Waals surface area contributed by atoms with Crippen molar-refractivity contribution in [1.29, 1.82) is 0 Å². The summed E-state index contributed by atoms with van der Waals surface area (Å²) in [6.07, 6.45) is 4.00. The Kier molecular flexibility index (Phi) is 4.18. The fourth-order valence-corrected chi connectivity index (χ4v) is 2.91. The van der Waals surface area contributed by atoms with Gasteiger partial charge in [-0.1, -0.05) is 65.7 Å². The van der Waals surface area contributed by atoms with Crippen molar-refractivity contribution in [3.8, 4) is 11.3 Å². The third-order valence-corrected chi connectivity index (χ3v) is 4.33. The predicted octanol–water partition coefficient (Wildman–Crippen LogP) is 5.94. The van der Waals surface area contributed by atoms with Gasteiger partial charge in [0.2, 0.25) is 0 Å². The maximum atomic E-state index is 6.14. The molecular formula is C18H14ClNS. The molecule has 3 heteroatoms. The van der Waals surface area contributed by atoms with Gasteiger partial charge in [-0.25, -0.2) is 4.98 Å². The molecule has 1 nitrogen and oxygen atoms in total. The molecule has 1 aromatic heterocycles. The van der Waals surface area contributed by atoms with Gasteiger partial charge in [-0.15, -0.1) is 11.3 Å². The average molecular weight is 312 g/mol. The summed E-state index contributed by atoms with van der Waals surface area (Å²) in [6, 6.07) is 16.2. The molecule has 0 saturated carbocycles. The highest BCUT2D eigenvalue weighted by molar-refractivity contribution is 7.10. The quantitative estimate of drug-likeness (QED) is 0.583. The van der Waals surface area contributed by atoms with Crippen molar-refractivity contribution in [3.05, 3.63) is 75.1 Å². The molecule has 0 fully saturated rings. The van der Waals surface area contributed by atoms with Crippen LogP contribution in [0.2, 0.25) is 5.02 Å². The lowest BCUT2D eigenvalue weighted by Crippen LogP contribution is -1.79. The summed E-state index contributed by atoms with van der Waals surface area (Å²) in [5.74, 6) is 0. The SMILES string of the molecule is Cc1ccc(-c2csc(/C=C/c3ccccc3Cl)n2)cc1. The topological polar surface area (TPSA) is 12.9 Å². The van der Waals surface area contributed by atoms with E-state index in [-0.39, 0.29) is 0 Å². The highest BCUT2D eigenvalue weighted by atomic mass is 35.5. The van der Waals surface area contributed by atoms with Crippen LogP contribution in [-0.2, 0) is 0 Å². The molecule has 0 radical (unpaired) electrons. The zero-order chi connectivity index (χ0) is 14.7. The van der Waals surface area contributed by atoms with Crippen LogP contribution in [0.25, 0.3) is 23.4 Å². The lowest BCUT2D eigenvalue weighted by molar-refractivity contribution is 1.37. The maximum Gasteiger partial charge on any atom is 0.116 e. The third-order valence-electron chi connectivity index (χ3n) is 3.18. The van der Waals surface area contributed by atoms with Crippen LogP contribution in [0.3, 0.4) is 0 Å². The van der Waals surface area contributed by atoms with E-state index in [2.05, 4.69) is 41.6 Å². The molecule has 0 aliphatic carbocycles. The molecule has 3 rings (SSSR count). The largest absolute Gasteiger partial charge is 0.237 e. The molecule has 0 saturated heterocycles. The van der Waals surface area contributed by atoms with Gasteiger partial charge in [-0.2, -0.15) is 0 Å². The molecule has 0 spiro atoms. The number of nitrogens with zero attached hydrogens (tertiary/aromatic N) is 1. The first-order chi connectivity index (χ1) is 10.2. The zero-order valence-electron chi connectivity index (χ0n) is 11.6. The fraction of sp³-hybridized carbons (Fsp3) is 0.0556. The molecular weight excluding hydrogens is 298 g/mol. The molecule has 2 aromatic carbocycles. The highest BCUT2D eigenvalue weighted by Gasteiger charge is 2.02. The average Bonchev–Trinajstić information content (AvgIpc) is 2.96. The van der Waals surface area contributed by atoms with Gasteiger partial charge < -0.3 is 0 Å². The minimum absolute atomic E-state index is 0.754. The molecule has 0 atom stereocenters. The number of thiazole rings is 1. The summed E-state index contributed by atoms with van der Waals surface area (Å²) in [5, 5.41) is 3.81. The van der Waals surface area contributed by atoms with Crippen LogP contribution in [0.4, 0.5) is 0 Å². The van der Waals surface area contributed by atoms with Gasteiger partial charge in [0, 0.05) is 16.0 Å². The number of aromatic nitrogens is 1. The minimum atomic E-state index is 0.754. The van der Waals surface area contributed by atoms with E-state index in [1.54, 1.807) is 11.3 Å². The van der Waals surface area contributed by atoms with Crippen molar-refractivity contribution in [2.45, 2.75) is 6.92 Å². The molecule has 0 unspecified atom stereocenters. The van der Waals surface area contributed by atoms with E-state index in [9.17, 15) is 0 Å². The van der Waals surface area contributed by atoms with Crippen LogP contribution in [0.15, 0.2) is 53.9 Å². The van der Waals surface area contributed by atoms with E-state index < -0.39 is 0 Å². The first-order valence-electron chi connectivity index (χ1n) is 6.67. The first-order valence-corrected chi connectivity index (χ1v) is 7.93. The first kappa shape index (κ1) is 14.1. The Morgan fingerprint density at radius 3 is 2.52 bits per heavy atom. The van der Waals surface area contributed by atoms with Crippen LogP contribution >= 0.6 is 22.9 Å². The molecule has 0 aliphatic rings. The number of rotatable bonds is 3. The molecule has 21 heavy (non-hydrogen) atoms. The standard InChI is InChI=1S/C18H14ClNS/c1-13-6-8-15(9-7-13)17-12-21-18(20-17)11-10-14-4-2-3-5-16(14)19/h2-12H,1H3/b11-10+. The van der Waals surface area contributed by atoms with E-state index in [0.29, 0.717) is 0 Å². The Balaban J connectivity index is 1.82. The summed E-state index contributed by atoms with van der Waals surface area (Å²) in [7, 11) is 0. The van der Waals surface area contributed by atoms with Crippen LogP contribution in [0.5, 0.6) is 0 Å². The number of aryl methyl sites for hydroxylation is 1. The summed E-state index contributed by atoms with van der Waals surface area (Å²) in [4.78, 5) is 4.64. The summed E-state index contributed by atoms with van der Waals surface area (Å²) < 4.78 is 0. The summed E-state index contributed by atoms with van der Waals surface area (Å²) in [6.45, 7) is 2.09. The maximum absolute atomic E-state index is 6.14. The van der Waals surface area contributed by atoms with Gasteiger partial charge >= 0.3 is 0 Å². The molecule has 0 aliphatic heterocycles. The predicted molar refractivity (Wildman–Crippen MR) is 92.7 cm³/mol. The fourth-order valence-electron chi connectivity index (χ4n) is 1.99. The number of benzene rings is 2. The zero-order valence-corrected chi connectivity index (χ0v) is 13.2. The Morgan fingerprint density at radius 1 is 1.00 bits per heavy atom. The molecule has 1 heterocycles. The van der Waals surface area contributed by atoms with Gasteiger partial charge in [-0.3, -0.25) is 0 Å². The molecule has 3 aromatic rings. The third kappa shape index (κ3) is 3.41. The van der Waals surface area contributed by atoms with E-state index in [0.717, 1.165) is 26.9 Å². The van der Waals surface area contributed by atoms with Crippen molar-refractivity contribution >= 4 is 35.1 Å². The smallest absolute Gasteiger partial charge is 0.116 e. The molecule has 0 N–H and O–H groups in total. The van der Waals surface area contributed by atoms with Gasteiger partial charge in [0.25, 0.3) is 0 Å². The molecule has 104 valence electrons. The molecule has 0 bridgehead atoms. The van der Waals surface area contributed by atoms with Crippen LogP contribution < -0.4 is 0 Å². The van der Waals surface area contributed by atoms with Gasteiger partial charge in [0.15, 0.2) is 0 Å². The van der Waals surface area contributed by atoms with Crippen LogP contribution in [-0.4, -0.2) is 4.98 Å². The number of halogens is 1.